The van der Waals surface area contributed by atoms with Gasteiger partial charge < -0.3 is 40.5 Å². The van der Waals surface area contributed by atoms with Crippen LogP contribution in [0, 0.1) is 0 Å². The second-order valence-corrected chi connectivity index (χ2v) is 5.04. The van der Waals surface area contributed by atoms with Crippen molar-refractivity contribution in [3.05, 3.63) is 29.8 Å². The number of aliphatic carboxylic acids is 2. The van der Waals surface area contributed by atoms with Crippen molar-refractivity contribution in [1.29, 1.82) is 0 Å². The second-order valence-electron chi connectivity index (χ2n) is 5.04. The van der Waals surface area contributed by atoms with Crippen LogP contribution in [0.25, 0.3) is 6.08 Å². The van der Waals surface area contributed by atoms with Crippen molar-refractivity contribution in [2.45, 2.75) is 24.4 Å². The summed E-state index contributed by atoms with van der Waals surface area (Å²) in [4.78, 5) is 33.3. The quantitative estimate of drug-likeness (QED) is 0.155. The van der Waals surface area contributed by atoms with Gasteiger partial charge in [0.05, 0.1) is 0 Å². The number of esters is 1. The van der Waals surface area contributed by atoms with E-state index in [0.717, 1.165) is 24.3 Å². The lowest BCUT2D eigenvalue weighted by atomic mass is 10.0. The molecular formula is C15H16O11. The Kier molecular flexibility index (Phi) is 7.07. The van der Waals surface area contributed by atoms with Crippen LogP contribution in [0.1, 0.15) is 5.56 Å². The fourth-order valence-corrected chi connectivity index (χ4v) is 1.75. The highest BCUT2D eigenvalue weighted by atomic mass is 16.6. The van der Waals surface area contributed by atoms with Gasteiger partial charge in [-0.05, 0) is 23.8 Å². The first kappa shape index (κ1) is 20.9. The molecule has 0 aliphatic carbocycles. The molecule has 142 valence electrons. The Labute approximate surface area is 145 Å². The molecule has 1 rings (SSSR count). The van der Waals surface area contributed by atoms with E-state index in [0.29, 0.717) is 0 Å². The number of rotatable bonds is 8. The van der Waals surface area contributed by atoms with Crippen LogP contribution in [-0.2, 0) is 19.1 Å². The van der Waals surface area contributed by atoms with Gasteiger partial charge in [-0.25, -0.2) is 14.4 Å². The van der Waals surface area contributed by atoms with E-state index in [1.807, 2.05) is 0 Å². The maximum absolute atomic E-state index is 11.7. The normalized spacial score (nSPS) is 15.8. The molecule has 0 aromatic heterocycles. The highest BCUT2D eigenvalue weighted by Crippen LogP contribution is 2.25. The summed E-state index contributed by atoms with van der Waals surface area (Å²) < 4.78 is 4.45. The number of hydrogen-bond donors (Lipinski definition) is 7. The zero-order valence-electron chi connectivity index (χ0n) is 13.0. The number of aliphatic hydroxyl groups excluding tert-OH is 3. The number of carbonyl (C=O) groups excluding carboxylic acids is 1. The fourth-order valence-electron chi connectivity index (χ4n) is 1.75. The first-order chi connectivity index (χ1) is 12.0. The summed E-state index contributed by atoms with van der Waals surface area (Å²) in [6.45, 7) is 0. The molecule has 7 N–H and O–H groups in total. The SMILES string of the molecule is O=C(/C=C/c1ccc(O)c(O)c1)O[C@@H](C(=O)O)[C@@H](O)[C@H](O)[C@H](O)C(=O)O. The Bertz CT molecular complexity index is 712. The number of phenolic OH excluding ortho intramolecular Hbond substituents is 2. The molecule has 0 saturated carbocycles. The van der Waals surface area contributed by atoms with E-state index < -0.39 is 53.8 Å². The van der Waals surface area contributed by atoms with Crippen molar-refractivity contribution in [3.63, 3.8) is 0 Å². The van der Waals surface area contributed by atoms with Crippen LogP contribution in [0.5, 0.6) is 11.5 Å². The summed E-state index contributed by atoms with van der Waals surface area (Å²) in [6, 6.07) is 3.54. The molecule has 0 aliphatic rings. The molecule has 0 amide bonds. The highest BCUT2D eigenvalue weighted by molar-refractivity contribution is 5.89. The van der Waals surface area contributed by atoms with Gasteiger partial charge in [0, 0.05) is 6.08 Å². The van der Waals surface area contributed by atoms with Crippen molar-refractivity contribution in [2.24, 2.45) is 0 Å². The van der Waals surface area contributed by atoms with E-state index in [1.165, 1.54) is 6.07 Å². The summed E-state index contributed by atoms with van der Waals surface area (Å²) in [7, 11) is 0. The number of hydrogen-bond acceptors (Lipinski definition) is 9. The van der Waals surface area contributed by atoms with Crippen LogP contribution >= 0.6 is 0 Å². The van der Waals surface area contributed by atoms with E-state index in [2.05, 4.69) is 4.74 Å². The standard InChI is InChI=1S/C15H16O11/c16-7-3-1-6(5-8(7)17)2-4-9(18)26-13(15(24)25)11(20)10(19)12(21)14(22)23/h1-5,10-13,16-17,19-21H,(H,22,23)(H,24,25)/b4-2+/t10-,11-,12-,13+/m0/s1. The fraction of sp³-hybridized carbons (Fsp3) is 0.267. The first-order valence-corrected chi connectivity index (χ1v) is 6.95. The van der Waals surface area contributed by atoms with Crippen molar-refractivity contribution in [3.8, 4) is 11.5 Å². The van der Waals surface area contributed by atoms with Crippen molar-refractivity contribution >= 4 is 24.0 Å². The summed E-state index contributed by atoms with van der Waals surface area (Å²) in [5, 5.41) is 64.2. The maximum Gasteiger partial charge on any atom is 0.347 e. The number of benzene rings is 1. The van der Waals surface area contributed by atoms with Crippen LogP contribution in [0.15, 0.2) is 24.3 Å². The monoisotopic (exact) mass is 372 g/mol. The zero-order chi connectivity index (χ0) is 20.0. The minimum atomic E-state index is -2.50. The van der Waals surface area contributed by atoms with Gasteiger partial charge in [-0.2, -0.15) is 0 Å². The molecule has 0 bridgehead atoms. The van der Waals surface area contributed by atoms with Gasteiger partial charge in [0.2, 0.25) is 6.10 Å². The lowest BCUT2D eigenvalue weighted by Crippen LogP contribution is -2.51. The van der Waals surface area contributed by atoms with E-state index >= 15 is 0 Å². The van der Waals surface area contributed by atoms with Crippen LogP contribution < -0.4 is 0 Å². The Morgan fingerprint density at radius 2 is 1.54 bits per heavy atom. The van der Waals surface area contributed by atoms with Gasteiger partial charge in [0.25, 0.3) is 0 Å². The minimum absolute atomic E-state index is 0.242. The molecule has 0 aliphatic heterocycles. The van der Waals surface area contributed by atoms with Gasteiger partial charge in [-0.1, -0.05) is 6.07 Å². The van der Waals surface area contributed by atoms with Crippen molar-refractivity contribution in [1.82, 2.24) is 0 Å². The number of aliphatic hydroxyl groups is 3. The average molecular weight is 372 g/mol. The third-order valence-corrected chi connectivity index (χ3v) is 3.13. The molecule has 11 nitrogen and oxygen atoms in total. The predicted molar refractivity (Wildman–Crippen MR) is 82.0 cm³/mol. The van der Waals surface area contributed by atoms with Crippen LogP contribution in [0.3, 0.4) is 0 Å². The third-order valence-electron chi connectivity index (χ3n) is 3.13. The van der Waals surface area contributed by atoms with Gasteiger partial charge in [0.1, 0.15) is 12.2 Å². The Morgan fingerprint density at radius 1 is 0.923 bits per heavy atom. The number of carboxylic acid groups (broad SMARTS) is 2. The number of ether oxygens (including phenoxy) is 1. The molecule has 26 heavy (non-hydrogen) atoms. The van der Waals surface area contributed by atoms with Crippen LogP contribution in [0.2, 0.25) is 0 Å². The lowest BCUT2D eigenvalue weighted by molar-refractivity contribution is -0.182. The smallest absolute Gasteiger partial charge is 0.347 e. The Hall–Kier alpha value is -3.15. The highest BCUT2D eigenvalue weighted by Gasteiger charge is 2.40. The molecular weight excluding hydrogens is 356 g/mol. The number of carboxylic acids is 2. The van der Waals surface area contributed by atoms with Crippen LogP contribution in [-0.4, -0.2) is 78.1 Å². The van der Waals surface area contributed by atoms with E-state index in [1.54, 1.807) is 0 Å². The van der Waals surface area contributed by atoms with Gasteiger partial charge in [-0.15, -0.1) is 0 Å². The molecule has 0 fully saturated rings. The largest absolute Gasteiger partial charge is 0.504 e. The molecule has 0 radical (unpaired) electrons. The maximum atomic E-state index is 11.7. The predicted octanol–water partition coefficient (Wildman–Crippen LogP) is -1.73. The average Bonchev–Trinajstić information content (AvgIpc) is 2.58. The number of phenols is 2. The lowest BCUT2D eigenvalue weighted by Gasteiger charge is -2.24. The molecule has 0 heterocycles. The van der Waals surface area contributed by atoms with Crippen LogP contribution in [0.4, 0.5) is 0 Å². The van der Waals surface area contributed by atoms with Gasteiger partial charge in [-0.3, -0.25) is 0 Å². The minimum Gasteiger partial charge on any atom is -0.504 e. The molecule has 1 aromatic carbocycles. The van der Waals surface area contributed by atoms with Crippen molar-refractivity contribution < 1.29 is 54.9 Å². The molecule has 1 aromatic rings. The van der Waals surface area contributed by atoms with Gasteiger partial charge in [0.15, 0.2) is 17.6 Å². The topological polar surface area (TPSA) is 202 Å². The second kappa shape index (κ2) is 8.80. The molecule has 0 saturated heterocycles. The molecule has 0 unspecified atom stereocenters. The number of carbonyl (C=O) groups is 3. The summed E-state index contributed by atoms with van der Waals surface area (Å²) in [5.74, 6) is -5.95. The molecule has 11 heteroatoms. The summed E-state index contributed by atoms with van der Waals surface area (Å²) >= 11 is 0. The molecule has 4 atom stereocenters. The zero-order valence-corrected chi connectivity index (χ0v) is 13.0. The van der Waals surface area contributed by atoms with E-state index in [9.17, 15) is 29.7 Å². The van der Waals surface area contributed by atoms with E-state index in [-0.39, 0.29) is 5.56 Å². The van der Waals surface area contributed by atoms with Gasteiger partial charge >= 0.3 is 17.9 Å². The Balaban J connectivity index is 2.84. The summed E-state index contributed by atoms with van der Waals surface area (Å²) in [6.07, 6.45) is -7.89. The number of aromatic hydroxyl groups is 2. The first-order valence-electron chi connectivity index (χ1n) is 6.95. The third kappa shape index (κ3) is 5.44. The van der Waals surface area contributed by atoms with Crippen molar-refractivity contribution in [2.75, 3.05) is 0 Å². The Morgan fingerprint density at radius 3 is 2.04 bits per heavy atom. The van der Waals surface area contributed by atoms with E-state index in [4.69, 9.17) is 20.4 Å². The molecule has 0 spiro atoms. The summed E-state index contributed by atoms with van der Waals surface area (Å²) in [5.41, 5.74) is 0.242.